The van der Waals surface area contributed by atoms with E-state index in [0.717, 1.165) is 18.6 Å². The number of carbonyl (C=O) groups is 2. The normalized spacial score (nSPS) is 10.2. The van der Waals surface area contributed by atoms with Crippen molar-refractivity contribution in [3.63, 3.8) is 0 Å². The molecule has 1 aromatic heterocycles. The molecule has 0 unspecified atom stereocenters. The molecule has 0 aliphatic carbocycles. The van der Waals surface area contributed by atoms with Crippen LogP contribution in [0.5, 0.6) is 0 Å². The fourth-order valence-electron chi connectivity index (χ4n) is 1.80. The summed E-state index contributed by atoms with van der Waals surface area (Å²) in [6.45, 7) is 2.42. The molecule has 0 saturated heterocycles. The van der Waals surface area contributed by atoms with Gasteiger partial charge in [0, 0.05) is 30.1 Å². The molecule has 2 N–H and O–H groups in total. The smallest absolute Gasteiger partial charge is 0.269 e. The van der Waals surface area contributed by atoms with Gasteiger partial charge in [0.25, 0.3) is 11.8 Å². The summed E-state index contributed by atoms with van der Waals surface area (Å²) in [5.41, 5.74) is 0.408. The third-order valence-electron chi connectivity index (χ3n) is 2.97. The molecule has 0 radical (unpaired) electrons. The van der Waals surface area contributed by atoms with Crippen molar-refractivity contribution in [1.29, 1.82) is 0 Å². The zero-order chi connectivity index (χ0) is 16.8. The first-order valence-corrected chi connectivity index (χ1v) is 7.02. The molecule has 2 rings (SSSR count). The molecule has 7 heteroatoms. The molecule has 2 aromatic rings. The lowest BCUT2D eigenvalue weighted by molar-refractivity contribution is 0.0948. The highest BCUT2D eigenvalue weighted by Gasteiger charge is 2.12. The number of pyridine rings is 1. The van der Waals surface area contributed by atoms with Crippen LogP contribution in [0.3, 0.4) is 0 Å². The van der Waals surface area contributed by atoms with Crippen LogP contribution < -0.4 is 10.6 Å². The number of amides is 2. The molecule has 0 fully saturated rings. The molecule has 0 bridgehead atoms. The van der Waals surface area contributed by atoms with E-state index in [1.807, 2.05) is 6.92 Å². The SMILES string of the molecule is CCCNC(=O)c1cc(C(=O)Nc2ccc(F)c(F)c2)ccn1. The maximum Gasteiger partial charge on any atom is 0.269 e. The average Bonchev–Trinajstić information content (AvgIpc) is 2.56. The van der Waals surface area contributed by atoms with E-state index in [4.69, 9.17) is 0 Å². The molecule has 2 amide bonds. The van der Waals surface area contributed by atoms with Gasteiger partial charge in [0.15, 0.2) is 11.6 Å². The Bertz CT molecular complexity index is 735. The van der Waals surface area contributed by atoms with Crippen LogP contribution in [0, 0.1) is 11.6 Å². The van der Waals surface area contributed by atoms with Gasteiger partial charge in [-0.05, 0) is 30.7 Å². The van der Waals surface area contributed by atoms with Crippen LogP contribution in [0.2, 0.25) is 0 Å². The largest absolute Gasteiger partial charge is 0.351 e. The van der Waals surface area contributed by atoms with Gasteiger partial charge in [-0.25, -0.2) is 8.78 Å². The van der Waals surface area contributed by atoms with Gasteiger partial charge in [-0.1, -0.05) is 6.92 Å². The Kier molecular flexibility index (Phi) is 5.35. The zero-order valence-corrected chi connectivity index (χ0v) is 12.4. The molecule has 23 heavy (non-hydrogen) atoms. The molecule has 0 aliphatic rings. The van der Waals surface area contributed by atoms with Crippen LogP contribution >= 0.6 is 0 Å². The molecular weight excluding hydrogens is 304 g/mol. The van der Waals surface area contributed by atoms with Crippen molar-refractivity contribution in [1.82, 2.24) is 10.3 Å². The quantitative estimate of drug-likeness (QED) is 0.890. The summed E-state index contributed by atoms with van der Waals surface area (Å²) in [6.07, 6.45) is 2.11. The number of anilines is 1. The first-order chi connectivity index (χ1) is 11.0. The first kappa shape index (κ1) is 16.5. The number of benzene rings is 1. The van der Waals surface area contributed by atoms with Gasteiger partial charge in [-0.2, -0.15) is 0 Å². The topological polar surface area (TPSA) is 71.1 Å². The molecule has 0 saturated carbocycles. The number of hydrogen-bond donors (Lipinski definition) is 2. The lowest BCUT2D eigenvalue weighted by Crippen LogP contribution is -2.25. The van der Waals surface area contributed by atoms with Crippen LogP contribution in [-0.4, -0.2) is 23.3 Å². The molecule has 0 spiro atoms. The number of carbonyl (C=O) groups excluding carboxylic acids is 2. The highest BCUT2D eigenvalue weighted by atomic mass is 19.2. The third kappa shape index (κ3) is 4.32. The zero-order valence-electron chi connectivity index (χ0n) is 12.4. The van der Waals surface area contributed by atoms with Crippen LogP contribution in [-0.2, 0) is 0 Å². The molecular formula is C16H15F2N3O2. The minimum Gasteiger partial charge on any atom is -0.351 e. The highest BCUT2D eigenvalue weighted by molar-refractivity contribution is 6.05. The minimum atomic E-state index is -1.06. The van der Waals surface area contributed by atoms with E-state index in [1.54, 1.807) is 0 Å². The molecule has 0 atom stereocenters. The van der Waals surface area contributed by atoms with E-state index in [0.29, 0.717) is 6.54 Å². The summed E-state index contributed by atoms with van der Waals surface area (Å²) in [5, 5.41) is 5.08. The summed E-state index contributed by atoms with van der Waals surface area (Å²) < 4.78 is 26.0. The molecule has 0 aliphatic heterocycles. The standard InChI is InChI=1S/C16H15F2N3O2/c1-2-6-20-16(23)14-8-10(5-7-19-14)15(22)21-11-3-4-12(17)13(18)9-11/h3-5,7-9H,2,6H2,1H3,(H,20,23)(H,21,22). The van der Waals surface area contributed by atoms with Crippen LogP contribution in [0.1, 0.15) is 34.2 Å². The van der Waals surface area contributed by atoms with Gasteiger partial charge < -0.3 is 10.6 Å². The summed E-state index contributed by atoms with van der Waals surface area (Å²) in [6, 6.07) is 5.79. The Labute approximate surface area is 131 Å². The Morgan fingerprint density at radius 3 is 2.57 bits per heavy atom. The monoisotopic (exact) mass is 319 g/mol. The third-order valence-corrected chi connectivity index (χ3v) is 2.97. The van der Waals surface area contributed by atoms with Gasteiger partial charge >= 0.3 is 0 Å². The van der Waals surface area contributed by atoms with E-state index in [2.05, 4.69) is 15.6 Å². The van der Waals surface area contributed by atoms with Crippen molar-refractivity contribution >= 4 is 17.5 Å². The molecule has 5 nitrogen and oxygen atoms in total. The Morgan fingerprint density at radius 2 is 1.87 bits per heavy atom. The second kappa shape index (κ2) is 7.44. The van der Waals surface area contributed by atoms with Gasteiger partial charge in [-0.3, -0.25) is 14.6 Å². The van der Waals surface area contributed by atoms with Crippen molar-refractivity contribution in [2.24, 2.45) is 0 Å². The molecule has 1 aromatic carbocycles. The van der Waals surface area contributed by atoms with Crippen LogP contribution in [0.4, 0.5) is 14.5 Å². The van der Waals surface area contributed by atoms with E-state index in [-0.39, 0.29) is 22.9 Å². The lowest BCUT2D eigenvalue weighted by Gasteiger charge is -2.07. The maximum atomic E-state index is 13.1. The fourth-order valence-corrected chi connectivity index (χ4v) is 1.80. The maximum absolute atomic E-state index is 13.1. The van der Waals surface area contributed by atoms with E-state index < -0.39 is 17.5 Å². The van der Waals surface area contributed by atoms with E-state index in [1.165, 1.54) is 24.4 Å². The Hall–Kier alpha value is -2.83. The predicted molar refractivity (Wildman–Crippen MR) is 81.2 cm³/mol. The molecule has 1 heterocycles. The van der Waals surface area contributed by atoms with Crippen molar-refractivity contribution < 1.29 is 18.4 Å². The lowest BCUT2D eigenvalue weighted by atomic mass is 10.2. The van der Waals surface area contributed by atoms with Crippen LogP contribution in [0.15, 0.2) is 36.5 Å². The number of nitrogens with zero attached hydrogens (tertiary/aromatic N) is 1. The average molecular weight is 319 g/mol. The van der Waals surface area contributed by atoms with Gasteiger partial charge in [0.05, 0.1) is 0 Å². The number of nitrogens with one attached hydrogen (secondary N) is 2. The van der Waals surface area contributed by atoms with Gasteiger partial charge in [-0.15, -0.1) is 0 Å². The van der Waals surface area contributed by atoms with Crippen molar-refractivity contribution in [2.75, 3.05) is 11.9 Å². The summed E-state index contributed by atoms with van der Waals surface area (Å²) in [4.78, 5) is 27.8. The minimum absolute atomic E-state index is 0.108. The van der Waals surface area contributed by atoms with Gasteiger partial charge in [0.2, 0.25) is 0 Å². The number of hydrogen-bond acceptors (Lipinski definition) is 3. The number of aromatic nitrogens is 1. The Balaban J connectivity index is 2.13. The predicted octanol–water partition coefficient (Wildman–Crippen LogP) is 2.75. The molecule has 120 valence electrons. The van der Waals surface area contributed by atoms with E-state index >= 15 is 0 Å². The Morgan fingerprint density at radius 1 is 1.09 bits per heavy atom. The highest BCUT2D eigenvalue weighted by Crippen LogP contribution is 2.14. The fraction of sp³-hybridized carbons (Fsp3) is 0.188. The first-order valence-electron chi connectivity index (χ1n) is 7.02. The van der Waals surface area contributed by atoms with E-state index in [9.17, 15) is 18.4 Å². The van der Waals surface area contributed by atoms with Crippen LogP contribution in [0.25, 0.3) is 0 Å². The summed E-state index contributed by atoms with van der Waals surface area (Å²) in [5.74, 6) is -2.99. The number of rotatable bonds is 5. The second-order valence-corrected chi connectivity index (χ2v) is 4.77. The van der Waals surface area contributed by atoms with Crippen molar-refractivity contribution in [3.05, 3.63) is 59.4 Å². The summed E-state index contributed by atoms with van der Waals surface area (Å²) >= 11 is 0. The number of halogens is 2. The summed E-state index contributed by atoms with van der Waals surface area (Å²) in [7, 11) is 0. The second-order valence-electron chi connectivity index (χ2n) is 4.77. The van der Waals surface area contributed by atoms with Gasteiger partial charge in [0.1, 0.15) is 5.69 Å². The van der Waals surface area contributed by atoms with Crippen molar-refractivity contribution in [2.45, 2.75) is 13.3 Å². The van der Waals surface area contributed by atoms with Crippen molar-refractivity contribution in [3.8, 4) is 0 Å².